The van der Waals surface area contributed by atoms with Crippen LogP contribution in [0.25, 0.3) is 11.1 Å². The van der Waals surface area contributed by atoms with Crippen LogP contribution in [0.5, 0.6) is 0 Å². The first kappa shape index (κ1) is 16.5. The number of carbonyl (C=O) groups is 2. The maximum atomic E-state index is 12.3. The molecule has 6 nitrogen and oxygen atoms in total. The molecule has 1 aliphatic heterocycles. The first-order valence-corrected chi connectivity index (χ1v) is 8.57. The fourth-order valence-electron chi connectivity index (χ4n) is 3.08. The Bertz CT molecular complexity index is 692. The van der Waals surface area contributed by atoms with Crippen LogP contribution in [0.2, 0.25) is 0 Å². The lowest BCUT2D eigenvalue weighted by atomic mass is 9.96. The zero-order chi connectivity index (χ0) is 16.9. The van der Waals surface area contributed by atoms with Crippen molar-refractivity contribution in [2.45, 2.75) is 32.6 Å². The van der Waals surface area contributed by atoms with Crippen molar-refractivity contribution in [2.75, 3.05) is 19.6 Å². The van der Waals surface area contributed by atoms with Crippen molar-refractivity contribution >= 4 is 22.9 Å². The normalized spacial score (nSPS) is 18.1. The molecule has 1 unspecified atom stereocenters. The number of benzene rings is 1. The summed E-state index contributed by atoms with van der Waals surface area (Å²) >= 11 is 0. The highest BCUT2D eigenvalue weighted by Gasteiger charge is 2.29. The number of oxazole rings is 1. The van der Waals surface area contributed by atoms with E-state index in [0.29, 0.717) is 38.2 Å². The van der Waals surface area contributed by atoms with E-state index in [4.69, 9.17) is 4.42 Å². The van der Waals surface area contributed by atoms with Crippen LogP contribution in [0.1, 0.15) is 32.1 Å². The van der Waals surface area contributed by atoms with Gasteiger partial charge in [0, 0.05) is 32.5 Å². The highest BCUT2D eigenvalue weighted by Crippen LogP contribution is 2.18. The van der Waals surface area contributed by atoms with Gasteiger partial charge >= 0.3 is 0 Å². The Hall–Kier alpha value is -2.37. The molecule has 0 aliphatic carbocycles. The largest absolute Gasteiger partial charge is 0.441 e. The molecule has 1 aromatic heterocycles. The van der Waals surface area contributed by atoms with Crippen LogP contribution in [-0.4, -0.2) is 41.3 Å². The van der Waals surface area contributed by atoms with Crippen LogP contribution in [0.4, 0.5) is 0 Å². The number of carbonyl (C=O) groups excluding carboxylic acids is 2. The monoisotopic (exact) mass is 329 g/mol. The number of piperidine rings is 1. The lowest BCUT2D eigenvalue weighted by molar-refractivity contribution is -0.138. The molecule has 0 spiro atoms. The van der Waals surface area contributed by atoms with Crippen molar-refractivity contribution < 1.29 is 14.0 Å². The Kier molecular flexibility index (Phi) is 5.13. The second-order valence-corrected chi connectivity index (χ2v) is 6.19. The van der Waals surface area contributed by atoms with Crippen LogP contribution in [0.3, 0.4) is 0 Å². The van der Waals surface area contributed by atoms with E-state index in [9.17, 15) is 9.59 Å². The average Bonchev–Trinajstić information content (AvgIpc) is 2.99. The number of para-hydroxylation sites is 2. The summed E-state index contributed by atoms with van der Waals surface area (Å²) in [6, 6.07) is 7.61. The summed E-state index contributed by atoms with van der Waals surface area (Å²) in [5.41, 5.74) is 1.60. The first-order valence-electron chi connectivity index (χ1n) is 8.57. The van der Waals surface area contributed by atoms with Gasteiger partial charge in [-0.05, 0) is 25.0 Å². The fourth-order valence-corrected chi connectivity index (χ4v) is 3.08. The van der Waals surface area contributed by atoms with Gasteiger partial charge in [0.05, 0.1) is 5.92 Å². The minimum Gasteiger partial charge on any atom is -0.441 e. The molecule has 3 rings (SSSR count). The van der Waals surface area contributed by atoms with Gasteiger partial charge in [0.2, 0.25) is 11.8 Å². The number of nitrogens with one attached hydrogen (secondary N) is 1. The number of rotatable bonds is 6. The van der Waals surface area contributed by atoms with Crippen molar-refractivity contribution in [1.29, 1.82) is 0 Å². The third kappa shape index (κ3) is 3.75. The van der Waals surface area contributed by atoms with E-state index in [0.717, 1.165) is 24.1 Å². The molecule has 0 saturated carbocycles. The van der Waals surface area contributed by atoms with E-state index in [-0.39, 0.29) is 17.7 Å². The molecule has 1 N–H and O–H groups in total. The van der Waals surface area contributed by atoms with Crippen LogP contribution in [0.15, 0.2) is 28.7 Å². The molecule has 1 fully saturated rings. The van der Waals surface area contributed by atoms with Crippen LogP contribution in [0, 0.1) is 5.92 Å². The Morgan fingerprint density at radius 2 is 2.25 bits per heavy atom. The molecule has 1 aromatic carbocycles. The lowest BCUT2D eigenvalue weighted by Crippen LogP contribution is -2.46. The molecule has 128 valence electrons. The summed E-state index contributed by atoms with van der Waals surface area (Å²) < 4.78 is 5.64. The summed E-state index contributed by atoms with van der Waals surface area (Å²) in [6.45, 7) is 3.79. The highest BCUT2D eigenvalue weighted by atomic mass is 16.3. The van der Waals surface area contributed by atoms with Crippen LogP contribution < -0.4 is 5.32 Å². The smallest absolute Gasteiger partial charge is 0.224 e. The third-order valence-electron chi connectivity index (χ3n) is 4.34. The second kappa shape index (κ2) is 7.47. The minimum absolute atomic E-state index is 0.0136. The third-order valence-corrected chi connectivity index (χ3v) is 4.34. The molecule has 0 radical (unpaired) electrons. The Morgan fingerprint density at radius 1 is 1.42 bits per heavy atom. The van der Waals surface area contributed by atoms with E-state index < -0.39 is 0 Å². The van der Waals surface area contributed by atoms with Gasteiger partial charge in [-0.25, -0.2) is 4.98 Å². The number of amides is 2. The Labute approximate surface area is 141 Å². The zero-order valence-corrected chi connectivity index (χ0v) is 14.0. The Morgan fingerprint density at radius 3 is 3.04 bits per heavy atom. The molecular formula is C18H23N3O3. The summed E-state index contributed by atoms with van der Waals surface area (Å²) in [6.07, 6.45) is 2.57. The van der Waals surface area contributed by atoms with Gasteiger partial charge in [-0.3, -0.25) is 9.59 Å². The quantitative estimate of drug-likeness (QED) is 0.881. The summed E-state index contributed by atoms with van der Waals surface area (Å²) in [5.74, 6) is 0.688. The number of likely N-dealkylation sites (tertiary alicyclic amines) is 1. The summed E-state index contributed by atoms with van der Waals surface area (Å²) in [7, 11) is 0. The standard InChI is InChI=1S/C18H23N3O3/c1-2-11-21-12-13(7-8-17(21)22)18(23)19-10-9-16-20-14-5-3-4-6-15(14)24-16/h3-6,13H,2,7-12H2,1H3,(H,19,23). The zero-order valence-electron chi connectivity index (χ0n) is 14.0. The van der Waals surface area contributed by atoms with Gasteiger partial charge in [-0.15, -0.1) is 0 Å². The molecule has 24 heavy (non-hydrogen) atoms. The lowest BCUT2D eigenvalue weighted by Gasteiger charge is -2.31. The van der Waals surface area contributed by atoms with Crippen molar-refractivity contribution in [2.24, 2.45) is 5.92 Å². The van der Waals surface area contributed by atoms with Crippen LogP contribution in [-0.2, 0) is 16.0 Å². The van der Waals surface area contributed by atoms with Gasteiger partial charge in [0.25, 0.3) is 0 Å². The molecule has 2 aromatic rings. The SMILES string of the molecule is CCCN1CC(C(=O)NCCc2nc3ccccc3o2)CCC1=O. The van der Waals surface area contributed by atoms with Crippen molar-refractivity contribution in [3.8, 4) is 0 Å². The predicted molar refractivity (Wildman–Crippen MR) is 90.3 cm³/mol. The molecule has 1 atom stereocenters. The van der Waals surface area contributed by atoms with E-state index in [1.54, 1.807) is 4.90 Å². The summed E-state index contributed by atoms with van der Waals surface area (Å²) in [5, 5.41) is 2.95. The fraction of sp³-hybridized carbons (Fsp3) is 0.500. The van der Waals surface area contributed by atoms with E-state index in [1.165, 1.54) is 0 Å². The average molecular weight is 329 g/mol. The molecule has 2 amide bonds. The topological polar surface area (TPSA) is 75.4 Å². The van der Waals surface area contributed by atoms with E-state index >= 15 is 0 Å². The maximum Gasteiger partial charge on any atom is 0.224 e. The molecule has 2 heterocycles. The summed E-state index contributed by atoms with van der Waals surface area (Å²) in [4.78, 5) is 30.3. The predicted octanol–water partition coefficient (Wildman–Crippen LogP) is 2.14. The van der Waals surface area contributed by atoms with Gasteiger partial charge in [-0.1, -0.05) is 19.1 Å². The molecule has 0 bridgehead atoms. The number of nitrogens with zero attached hydrogens (tertiary/aromatic N) is 2. The second-order valence-electron chi connectivity index (χ2n) is 6.19. The van der Waals surface area contributed by atoms with Gasteiger partial charge < -0.3 is 14.6 Å². The number of fused-ring (bicyclic) bond motifs is 1. The molecule has 1 saturated heterocycles. The Balaban J connectivity index is 1.49. The number of hydrogen-bond donors (Lipinski definition) is 1. The molecular weight excluding hydrogens is 306 g/mol. The van der Waals surface area contributed by atoms with Gasteiger partial charge in [0.1, 0.15) is 5.52 Å². The highest BCUT2D eigenvalue weighted by molar-refractivity contribution is 5.83. The van der Waals surface area contributed by atoms with Crippen molar-refractivity contribution in [1.82, 2.24) is 15.2 Å². The minimum atomic E-state index is -0.113. The van der Waals surface area contributed by atoms with Crippen LogP contribution >= 0.6 is 0 Å². The number of hydrogen-bond acceptors (Lipinski definition) is 4. The van der Waals surface area contributed by atoms with E-state index in [1.807, 2.05) is 31.2 Å². The molecule has 1 aliphatic rings. The maximum absolute atomic E-state index is 12.3. The van der Waals surface area contributed by atoms with Crippen molar-refractivity contribution in [3.63, 3.8) is 0 Å². The van der Waals surface area contributed by atoms with Crippen molar-refractivity contribution in [3.05, 3.63) is 30.2 Å². The van der Waals surface area contributed by atoms with E-state index in [2.05, 4.69) is 10.3 Å². The van der Waals surface area contributed by atoms with Gasteiger partial charge in [-0.2, -0.15) is 0 Å². The van der Waals surface area contributed by atoms with Gasteiger partial charge in [0.15, 0.2) is 11.5 Å². The molecule has 6 heteroatoms. The number of aromatic nitrogens is 1. The first-order chi connectivity index (χ1) is 11.7.